The molecule has 100 valence electrons. The largest absolute Gasteiger partial charge is 0.336 e. The molecule has 0 saturated carbocycles. The lowest BCUT2D eigenvalue weighted by atomic mass is 10.0. The third-order valence-electron chi connectivity index (χ3n) is 3.54. The van der Waals surface area contributed by atoms with Crippen molar-refractivity contribution in [2.24, 2.45) is 0 Å². The topological polar surface area (TPSA) is 60.2 Å². The van der Waals surface area contributed by atoms with Crippen LogP contribution in [0.1, 0.15) is 24.2 Å². The van der Waals surface area contributed by atoms with Gasteiger partial charge < -0.3 is 4.90 Å². The summed E-state index contributed by atoms with van der Waals surface area (Å²) in [6, 6.07) is 5.84. The molecule has 1 fully saturated rings. The molecule has 5 nitrogen and oxygen atoms in total. The van der Waals surface area contributed by atoms with E-state index in [0.29, 0.717) is 18.7 Å². The van der Waals surface area contributed by atoms with Crippen LogP contribution in [-0.2, 0) is 0 Å². The van der Waals surface area contributed by atoms with E-state index in [4.69, 9.17) is 5.26 Å². The van der Waals surface area contributed by atoms with Crippen molar-refractivity contribution < 1.29 is 4.79 Å². The predicted octanol–water partition coefficient (Wildman–Crippen LogP) is 1.14. The minimum absolute atomic E-state index is 0.0162. The summed E-state index contributed by atoms with van der Waals surface area (Å²) in [5.41, 5.74) is 0.152. The van der Waals surface area contributed by atoms with Crippen LogP contribution < -0.4 is 0 Å². The summed E-state index contributed by atoms with van der Waals surface area (Å²) >= 11 is 0. The molecule has 1 aliphatic heterocycles. The lowest BCUT2D eigenvalue weighted by Gasteiger charge is -2.40. The molecule has 5 heteroatoms. The molecule has 0 aliphatic carbocycles. The number of rotatable bonds is 2. The highest BCUT2D eigenvalue weighted by molar-refractivity contribution is 5.93. The summed E-state index contributed by atoms with van der Waals surface area (Å²) in [6.07, 6.45) is 3.25. The quantitative estimate of drug-likeness (QED) is 0.798. The van der Waals surface area contributed by atoms with Gasteiger partial charge in [0, 0.05) is 38.6 Å². The van der Waals surface area contributed by atoms with Crippen LogP contribution in [0.5, 0.6) is 0 Å². The highest BCUT2D eigenvalue weighted by Crippen LogP contribution is 2.16. The first-order valence-corrected chi connectivity index (χ1v) is 6.40. The summed E-state index contributed by atoms with van der Waals surface area (Å²) < 4.78 is 0. The third-order valence-corrected chi connectivity index (χ3v) is 3.54. The van der Waals surface area contributed by atoms with Crippen molar-refractivity contribution in [3.63, 3.8) is 0 Å². The van der Waals surface area contributed by atoms with Gasteiger partial charge in [0.15, 0.2) is 0 Å². The Morgan fingerprint density at radius 2 is 2.05 bits per heavy atom. The van der Waals surface area contributed by atoms with E-state index < -0.39 is 5.54 Å². The van der Waals surface area contributed by atoms with Crippen molar-refractivity contribution in [1.82, 2.24) is 14.8 Å². The van der Waals surface area contributed by atoms with Gasteiger partial charge in [0.1, 0.15) is 5.54 Å². The molecular weight excluding hydrogens is 240 g/mol. The van der Waals surface area contributed by atoms with Gasteiger partial charge in [-0.1, -0.05) is 0 Å². The van der Waals surface area contributed by atoms with Gasteiger partial charge in [0.25, 0.3) is 5.91 Å². The van der Waals surface area contributed by atoms with Crippen LogP contribution in [0.3, 0.4) is 0 Å². The summed E-state index contributed by atoms with van der Waals surface area (Å²) in [6.45, 7) is 6.58. The highest BCUT2D eigenvalue weighted by atomic mass is 16.2. The number of hydrogen-bond acceptors (Lipinski definition) is 4. The Morgan fingerprint density at radius 1 is 1.37 bits per heavy atom. The monoisotopic (exact) mass is 258 g/mol. The maximum absolute atomic E-state index is 12.2. The summed E-state index contributed by atoms with van der Waals surface area (Å²) in [4.78, 5) is 20.1. The number of pyridine rings is 1. The molecule has 1 saturated heterocycles. The Kier molecular flexibility index (Phi) is 3.82. The van der Waals surface area contributed by atoms with Crippen LogP contribution in [0.15, 0.2) is 24.5 Å². The molecule has 0 spiro atoms. The third kappa shape index (κ3) is 2.91. The maximum Gasteiger partial charge on any atom is 0.255 e. The van der Waals surface area contributed by atoms with Gasteiger partial charge in [-0.2, -0.15) is 5.26 Å². The first kappa shape index (κ1) is 13.5. The second-order valence-corrected chi connectivity index (χ2v) is 5.19. The average Bonchev–Trinajstić information content (AvgIpc) is 2.47. The highest BCUT2D eigenvalue weighted by Gasteiger charge is 2.31. The molecule has 1 aliphatic rings. The number of hydrogen-bond donors (Lipinski definition) is 0. The van der Waals surface area contributed by atoms with Crippen LogP contribution >= 0.6 is 0 Å². The van der Waals surface area contributed by atoms with Gasteiger partial charge in [-0.15, -0.1) is 0 Å². The zero-order chi connectivity index (χ0) is 13.9. The second-order valence-electron chi connectivity index (χ2n) is 5.19. The molecule has 2 heterocycles. The van der Waals surface area contributed by atoms with E-state index in [0.717, 1.165) is 13.1 Å². The summed E-state index contributed by atoms with van der Waals surface area (Å²) in [5.74, 6) is 0.0162. The lowest BCUT2D eigenvalue weighted by molar-refractivity contribution is 0.0520. The van der Waals surface area contributed by atoms with Gasteiger partial charge in [-0.3, -0.25) is 14.7 Å². The van der Waals surface area contributed by atoms with E-state index in [2.05, 4.69) is 16.0 Å². The fraction of sp³-hybridized carbons (Fsp3) is 0.500. The Labute approximate surface area is 113 Å². The molecule has 0 bridgehead atoms. The summed E-state index contributed by atoms with van der Waals surface area (Å²) in [5, 5.41) is 9.12. The van der Waals surface area contributed by atoms with Crippen molar-refractivity contribution in [3.05, 3.63) is 30.1 Å². The van der Waals surface area contributed by atoms with Gasteiger partial charge in [0.05, 0.1) is 11.6 Å². The average molecular weight is 258 g/mol. The fourth-order valence-corrected chi connectivity index (χ4v) is 2.21. The van der Waals surface area contributed by atoms with Gasteiger partial charge in [-0.05, 0) is 26.0 Å². The first-order chi connectivity index (χ1) is 9.04. The molecule has 0 radical (unpaired) electrons. The van der Waals surface area contributed by atoms with E-state index in [1.165, 1.54) is 0 Å². The number of aromatic nitrogens is 1. The Balaban J connectivity index is 1.98. The Morgan fingerprint density at radius 3 is 2.58 bits per heavy atom. The number of carbonyl (C=O) groups excluding carboxylic acids is 1. The molecule has 2 rings (SSSR count). The van der Waals surface area contributed by atoms with Crippen molar-refractivity contribution >= 4 is 5.91 Å². The van der Waals surface area contributed by atoms with Crippen LogP contribution in [0.4, 0.5) is 0 Å². The molecule has 0 unspecified atom stereocenters. The standard InChI is InChI=1S/C14H18N4O/c1-14(2,11-15)18-8-6-17(7-9-18)13(19)12-4-3-5-16-10-12/h3-5,10H,6-9H2,1-2H3. The molecule has 1 aromatic heterocycles. The van der Waals surface area contributed by atoms with Crippen LogP contribution in [0.2, 0.25) is 0 Å². The first-order valence-electron chi connectivity index (χ1n) is 6.40. The lowest BCUT2D eigenvalue weighted by Crippen LogP contribution is -2.55. The number of piperazine rings is 1. The number of nitrogens with zero attached hydrogens (tertiary/aromatic N) is 4. The van der Waals surface area contributed by atoms with Crippen LogP contribution in [0, 0.1) is 11.3 Å². The number of carbonyl (C=O) groups is 1. The Bertz CT molecular complexity index is 484. The number of amides is 1. The van der Waals surface area contributed by atoms with Crippen LogP contribution in [0.25, 0.3) is 0 Å². The van der Waals surface area contributed by atoms with E-state index in [9.17, 15) is 4.79 Å². The minimum atomic E-state index is -0.469. The molecule has 0 atom stereocenters. The molecule has 1 amide bonds. The molecule has 0 aromatic carbocycles. The van der Waals surface area contributed by atoms with E-state index in [1.807, 2.05) is 18.7 Å². The minimum Gasteiger partial charge on any atom is -0.336 e. The van der Waals surface area contributed by atoms with Crippen molar-refractivity contribution in [1.29, 1.82) is 5.26 Å². The SMILES string of the molecule is CC(C)(C#N)N1CCN(C(=O)c2cccnc2)CC1. The van der Waals surface area contributed by atoms with Crippen molar-refractivity contribution in [2.75, 3.05) is 26.2 Å². The normalized spacial score (nSPS) is 17.0. The predicted molar refractivity (Wildman–Crippen MR) is 71.4 cm³/mol. The maximum atomic E-state index is 12.2. The fourth-order valence-electron chi connectivity index (χ4n) is 2.21. The molecular formula is C14H18N4O. The molecule has 19 heavy (non-hydrogen) atoms. The van der Waals surface area contributed by atoms with Gasteiger partial charge >= 0.3 is 0 Å². The number of nitriles is 1. The van der Waals surface area contributed by atoms with E-state index in [-0.39, 0.29) is 5.91 Å². The summed E-state index contributed by atoms with van der Waals surface area (Å²) in [7, 11) is 0. The molecule has 1 aromatic rings. The smallest absolute Gasteiger partial charge is 0.255 e. The van der Waals surface area contributed by atoms with Crippen LogP contribution in [-0.4, -0.2) is 52.4 Å². The van der Waals surface area contributed by atoms with Gasteiger partial charge in [-0.25, -0.2) is 0 Å². The zero-order valence-corrected chi connectivity index (χ0v) is 11.3. The Hall–Kier alpha value is -1.93. The molecule has 0 N–H and O–H groups in total. The van der Waals surface area contributed by atoms with Gasteiger partial charge in [0.2, 0.25) is 0 Å². The van der Waals surface area contributed by atoms with E-state index >= 15 is 0 Å². The second kappa shape index (κ2) is 5.37. The van der Waals surface area contributed by atoms with E-state index in [1.54, 1.807) is 24.5 Å². The van der Waals surface area contributed by atoms with Crippen molar-refractivity contribution in [3.8, 4) is 6.07 Å². The van der Waals surface area contributed by atoms with Crippen molar-refractivity contribution in [2.45, 2.75) is 19.4 Å². The zero-order valence-electron chi connectivity index (χ0n) is 11.3.